The van der Waals surface area contributed by atoms with Crippen LogP contribution in [-0.2, 0) is 11.3 Å². The van der Waals surface area contributed by atoms with E-state index < -0.39 is 0 Å². The molecule has 6 heteroatoms. The topological polar surface area (TPSA) is 39.7 Å². The van der Waals surface area contributed by atoms with E-state index >= 15 is 0 Å². The van der Waals surface area contributed by atoms with E-state index in [9.17, 15) is 4.79 Å². The Morgan fingerprint density at radius 2 is 1.91 bits per heavy atom. The van der Waals surface area contributed by atoms with Gasteiger partial charge in [0.1, 0.15) is 0 Å². The molecule has 3 rings (SSSR count). The molecule has 1 aromatic rings. The van der Waals surface area contributed by atoms with Crippen molar-refractivity contribution in [2.45, 2.75) is 40.3 Å². The summed E-state index contributed by atoms with van der Waals surface area (Å²) in [5.41, 5.74) is 1.19. The highest BCUT2D eigenvalue weighted by atomic mass is 32.1. The monoisotopic (exact) mass is 336 g/mol. The van der Waals surface area contributed by atoms with E-state index in [1.54, 1.807) is 6.92 Å². The Kier molecular flexibility index (Phi) is 5.04. The first-order valence-electron chi connectivity index (χ1n) is 8.59. The first kappa shape index (κ1) is 16.9. The van der Waals surface area contributed by atoms with Gasteiger partial charge in [0.05, 0.1) is 10.7 Å². The van der Waals surface area contributed by atoms with Gasteiger partial charge in [0.25, 0.3) is 0 Å². The van der Waals surface area contributed by atoms with Gasteiger partial charge in [-0.25, -0.2) is 4.98 Å². The number of hydrogen-bond acceptors (Lipinski definition) is 5. The minimum Gasteiger partial charge on any atom is -0.340 e. The second kappa shape index (κ2) is 6.87. The van der Waals surface area contributed by atoms with Crippen LogP contribution < -0.4 is 0 Å². The van der Waals surface area contributed by atoms with Crippen LogP contribution in [0.15, 0.2) is 0 Å². The quantitative estimate of drug-likeness (QED) is 0.843. The molecule has 0 aliphatic carbocycles. The van der Waals surface area contributed by atoms with E-state index in [-0.39, 0.29) is 5.91 Å². The molecule has 2 saturated heterocycles. The second-order valence-electron chi connectivity index (χ2n) is 7.02. The van der Waals surface area contributed by atoms with E-state index in [1.807, 2.05) is 16.2 Å². The second-order valence-corrected chi connectivity index (χ2v) is 8.31. The van der Waals surface area contributed by atoms with Crippen molar-refractivity contribution in [1.29, 1.82) is 0 Å². The highest BCUT2D eigenvalue weighted by Crippen LogP contribution is 2.27. The SMILES string of the molecule is CC(=O)N1CCN([C@@H]2CN(Cc3sc(C)nc3C)C[C@@H]2C)CC1. The first-order valence-corrected chi connectivity index (χ1v) is 9.40. The Hall–Kier alpha value is -0.980. The number of likely N-dealkylation sites (tertiary alicyclic amines) is 1. The van der Waals surface area contributed by atoms with Crippen molar-refractivity contribution in [1.82, 2.24) is 19.7 Å². The summed E-state index contributed by atoms with van der Waals surface area (Å²) < 4.78 is 0. The molecular weight excluding hydrogens is 308 g/mol. The van der Waals surface area contributed by atoms with Crippen molar-refractivity contribution >= 4 is 17.2 Å². The van der Waals surface area contributed by atoms with Gasteiger partial charge in [-0.05, 0) is 19.8 Å². The van der Waals surface area contributed by atoms with Crippen molar-refractivity contribution in [2.75, 3.05) is 39.3 Å². The number of hydrogen-bond donors (Lipinski definition) is 0. The lowest BCUT2D eigenvalue weighted by Gasteiger charge is -2.39. The Morgan fingerprint density at radius 3 is 2.48 bits per heavy atom. The lowest BCUT2D eigenvalue weighted by atomic mass is 10.0. The largest absolute Gasteiger partial charge is 0.340 e. The van der Waals surface area contributed by atoms with Gasteiger partial charge < -0.3 is 4.90 Å². The number of nitrogens with zero attached hydrogens (tertiary/aromatic N) is 4. The summed E-state index contributed by atoms with van der Waals surface area (Å²) in [7, 11) is 0. The molecule has 0 aromatic carbocycles. The highest BCUT2D eigenvalue weighted by Gasteiger charge is 2.35. The average Bonchev–Trinajstić information content (AvgIpc) is 3.01. The van der Waals surface area contributed by atoms with Crippen molar-refractivity contribution in [3.8, 4) is 0 Å². The van der Waals surface area contributed by atoms with Gasteiger partial charge in [0, 0.05) is 63.7 Å². The lowest BCUT2D eigenvalue weighted by molar-refractivity contribution is -0.130. The van der Waals surface area contributed by atoms with Crippen LogP contribution in [0.2, 0.25) is 0 Å². The fraction of sp³-hybridized carbons (Fsp3) is 0.765. The maximum absolute atomic E-state index is 11.5. The van der Waals surface area contributed by atoms with Gasteiger partial charge >= 0.3 is 0 Å². The van der Waals surface area contributed by atoms with Crippen LogP contribution in [0.4, 0.5) is 0 Å². The third-order valence-electron chi connectivity index (χ3n) is 5.24. The van der Waals surface area contributed by atoms with Gasteiger partial charge in [0.2, 0.25) is 5.91 Å². The van der Waals surface area contributed by atoms with Gasteiger partial charge in [-0.1, -0.05) is 6.92 Å². The molecule has 0 radical (unpaired) electrons. The fourth-order valence-electron chi connectivity index (χ4n) is 3.94. The van der Waals surface area contributed by atoms with E-state index in [1.165, 1.54) is 15.6 Å². The zero-order valence-electron chi connectivity index (χ0n) is 14.7. The van der Waals surface area contributed by atoms with Crippen LogP contribution in [0.1, 0.15) is 29.4 Å². The van der Waals surface area contributed by atoms with E-state index in [4.69, 9.17) is 0 Å². The molecule has 0 unspecified atom stereocenters. The maximum atomic E-state index is 11.5. The molecule has 2 aliphatic heterocycles. The first-order chi connectivity index (χ1) is 10.9. The van der Waals surface area contributed by atoms with Gasteiger partial charge in [-0.15, -0.1) is 11.3 Å². The summed E-state index contributed by atoms with van der Waals surface area (Å²) in [5, 5.41) is 1.17. The number of carbonyl (C=O) groups excluding carboxylic acids is 1. The molecule has 0 bridgehead atoms. The third-order valence-corrected chi connectivity index (χ3v) is 6.30. The molecule has 1 aromatic heterocycles. The maximum Gasteiger partial charge on any atom is 0.219 e. The Labute approximate surface area is 143 Å². The van der Waals surface area contributed by atoms with Crippen molar-refractivity contribution in [3.63, 3.8) is 0 Å². The number of rotatable bonds is 3. The smallest absolute Gasteiger partial charge is 0.219 e. The third kappa shape index (κ3) is 3.75. The van der Waals surface area contributed by atoms with E-state index in [0.717, 1.165) is 45.8 Å². The average molecular weight is 337 g/mol. The number of thiazole rings is 1. The fourth-order valence-corrected chi connectivity index (χ4v) is 4.92. The number of aryl methyl sites for hydroxylation is 2. The molecule has 0 N–H and O–H groups in total. The van der Waals surface area contributed by atoms with Gasteiger partial charge in [-0.2, -0.15) is 0 Å². The predicted octanol–water partition coefficient (Wildman–Crippen LogP) is 1.74. The summed E-state index contributed by atoms with van der Waals surface area (Å²) in [5.74, 6) is 0.898. The molecule has 5 nitrogen and oxygen atoms in total. The van der Waals surface area contributed by atoms with Gasteiger partial charge in [-0.3, -0.25) is 14.6 Å². The summed E-state index contributed by atoms with van der Waals surface area (Å²) in [4.78, 5) is 24.6. The predicted molar refractivity (Wildman–Crippen MR) is 93.6 cm³/mol. The molecule has 3 heterocycles. The molecule has 2 atom stereocenters. The molecule has 0 spiro atoms. The summed E-state index contributed by atoms with van der Waals surface area (Å²) in [6, 6.07) is 0.624. The number of aromatic nitrogens is 1. The number of piperazine rings is 1. The van der Waals surface area contributed by atoms with Crippen LogP contribution >= 0.6 is 11.3 Å². The number of carbonyl (C=O) groups is 1. The molecule has 2 fully saturated rings. The molecule has 0 saturated carbocycles. The Balaban J connectivity index is 1.56. The van der Waals surface area contributed by atoms with Crippen molar-refractivity contribution in [3.05, 3.63) is 15.6 Å². The lowest BCUT2D eigenvalue weighted by Crippen LogP contribution is -2.53. The highest BCUT2D eigenvalue weighted by molar-refractivity contribution is 7.11. The van der Waals surface area contributed by atoms with Crippen LogP contribution in [0.25, 0.3) is 0 Å². The minimum atomic E-state index is 0.210. The minimum absolute atomic E-state index is 0.210. The van der Waals surface area contributed by atoms with E-state index in [0.29, 0.717) is 12.0 Å². The zero-order valence-corrected chi connectivity index (χ0v) is 15.5. The Bertz CT molecular complexity index is 565. The molecule has 128 valence electrons. The van der Waals surface area contributed by atoms with Crippen molar-refractivity contribution < 1.29 is 4.79 Å². The molecule has 2 aliphatic rings. The molecule has 1 amide bonds. The zero-order chi connectivity index (χ0) is 16.6. The van der Waals surface area contributed by atoms with E-state index in [2.05, 4.69) is 35.6 Å². The van der Waals surface area contributed by atoms with Crippen molar-refractivity contribution in [2.24, 2.45) is 5.92 Å². The molecular formula is C17H28N4OS. The summed E-state index contributed by atoms with van der Waals surface area (Å²) >= 11 is 1.83. The van der Waals surface area contributed by atoms with Crippen LogP contribution in [0, 0.1) is 19.8 Å². The normalized spacial score (nSPS) is 26.9. The standard InChI is InChI=1S/C17H28N4OS/c1-12-9-19(11-17-13(2)18-14(3)23-17)10-16(12)21-7-5-20(6-8-21)15(4)22/h12,16H,5-11H2,1-4H3/t12-,16+/m0/s1. The van der Waals surface area contributed by atoms with Crippen LogP contribution in [-0.4, -0.2) is 70.9 Å². The Morgan fingerprint density at radius 1 is 1.22 bits per heavy atom. The summed E-state index contributed by atoms with van der Waals surface area (Å²) in [6.45, 7) is 15.4. The van der Waals surface area contributed by atoms with Crippen LogP contribution in [0.3, 0.4) is 0 Å². The van der Waals surface area contributed by atoms with Gasteiger partial charge in [0.15, 0.2) is 0 Å². The number of amides is 1. The summed E-state index contributed by atoms with van der Waals surface area (Å²) in [6.07, 6.45) is 0. The molecule has 23 heavy (non-hydrogen) atoms. The van der Waals surface area contributed by atoms with Crippen LogP contribution in [0.5, 0.6) is 0 Å².